The van der Waals surface area contributed by atoms with Gasteiger partial charge in [-0.05, 0) is 73.6 Å². The van der Waals surface area contributed by atoms with Crippen molar-refractivity contribution in [2.75, 3.05) is 49.6 Å². The SMILES string of the molecule is O=C(Nc1cc(S(=O)(=O)N2CCOCC2)ccc1N1CCCC1)c1ccc2c(c1)CCC2. The largest absolute Gasteiger partial charge is 0.379 e. The zero-order chi connectivity index (χ0) is 22.1. The minimum absolute atomic E-state index is 0.201. The van der Waals surface area contributed by atoms with Crippen molar-refractivity contribution in [1.82, 2.24) is 4.31 Å². The number of fused-ring (bicyclic) bond motifs is 1. The van der Waals surface area contributed by atoms with Crippen LogP contribution >= 0.6 is 0 Å². The molecule has 2 aromatic rings. The summed E-state index contributed by atoms with van der Waals surface area (Å²) in [4.78, 5) is 15.5. The first-order chi connectivity index (χ1) is 15.5. The van der Waals surface area contributed by atoms with E-state index in [0.717, 1.165) is 50.9 Å². The lowest BCUT2D eigenvalue weighted by Crippen LogP contribution is -2.40. The van der Waals surface area contributed by atoms with Gasteiger partial charge < -0.3 is 15.0 Å². The number of aryl methyl sites for hydroxylation is 2. The van der Waals surface area contributed by atoms with Crippen molar-refractivity contribution in [1.29, 1.82) is 0 Å². The van der Waals surface area contributed by atoms with Crippen LogP contribution < -0.4 is 10.2 Å². The number of morpholine rings is 1. The number of carbonyl (C=O) groups excluding carboxylic acids is 1. The first-order valence-corrected chi connectivity index (χ1v) is 12.9. The number of benzene rings is 2. The number of hydrogen-bond acceptors (Lipinski definition) is 5. The number of nitrogens with one attached hydrogen (secondary N) is 1. The molecule has 0 saturated carbocycles. The highest BCUT2D eigenvalue weighted by atomic mass is 32.2. The number of nitrogens with zero attached hydrogens (tertiary/aromatic N) is 2. The summed E-state index contributed by atoms with van der Waals surface area (Å²) in [5, 5.41) is 3.02. The quantitative estimate of drug-likeness (QED) is 0.750. The molecule has 5 rings (SSSR count). The number of ether oxygens (including phenoxy) is 1. The van der Waals surface area contributed by atoms with Crippen molar-refractivity contribution in [3.8, 4) is 0 Å². The normalized spacial score (nSPS) is 19.2. The van der Waals surface area contributed by atoms with E-state index in [4.69, 9.17) is 4.74 Å². The van der Waals surface area contributed by atoms with Crippen LogP contribution in [0.15, 0.2) is 41.3 Å². The summed E-state index contributed by atoms with van der Waals surface area (Å²) in [5.74, 6) is -0.207. The molecule has 2 aromatic carbocycles. The van der Waals surface area contributed by atoms with Gasteiger partial charge in [0.2, 0.25) is 10.0 Å². The molecule has 1 aliphatic carbocycles. The fourth-order valence-corrected chi connectivity index (χ4v) is 6.29. The van der Waals surface area contributed by atoms with E-state index in [1.54, 1.807) is 12.1 Å². The third kappa shape index (κ3) is 4.14. The summed E-state index contributed by atoms with van der Waals surface area (Å²) < 4.78 is 33.2. The molecule has 1 N–H and O–H groups in total. The van der Waals surface area contributed by atoms with Crippen molar-refractivity contribution in [2.45, 2.75) is 37.0 Å². The van der Waals surface area contributed by atoms with Crippen LogP contribution in [0.5, 0.6) is 0 Å². The van der Waals surface area contributed by atoms with Gasteiger partial charge in [-0.15, -0.1) is 0 Å². The molecule has 2 saturated heterocycles. The minimum atomic E-state index is -3.65. The number of anilines is 2. The molecule has 0 unspecified atom stereocenters. The summed E-state index contributed by atoms with van der Waals surface area (Å²) in [6.45, 7) is 3.27. The van der Waals surface area contributed by atoms with Crippen LogP contribution in [-0.2, 0) is 27.6 Å². The molecule has 2 aliphatic heterocycles. The molecule has 0 radical (unpaired) electrons. The zero-order valence-corrected chi connectivity index (χ0v) is 19.0. The highest BCUT2D eigenvalue weighted by Crippen LogP contribution is 2.33. The summed E-state index contributed by atoms with van der Waals surface area (Å²) >= 11 is 0. The molecule has 0 aromatic heterocycles. The molecule has 3 aliphatic rings. The summed E-state index contributed by atoms with van der Waals surface area (Å²) in [7, 11) is -3.65. The van der Waals surface area contributed by atoms with E-state index in [9.17, 15) is 13.2 Å². The lowest BCUT2D eigenvalue weighted by atomic mass is 10.1. The second kappa shape index (κ2) is 8.84. The summed E-state index contributed by atoms with van der Waals surface area (Å²) in [5.41, 5.74) is 4.59. The number of amides is 1. The number of hydrogen-bond donors (Lipinski definition) is 1. The van der Waals surface area contributed by atoms with Gasteiger partial charge in [-0.3, -0.25) is 4.79 Å². The van der Waals surface area contributed by atoms with E-state index >= 15 is 0 Å². The highest BCUT2D eigenvalue weighted by molar-refractivity contribution is 7.89. The fraction of sp³-hybridized carbons (Fsp3) is 0.458. The van der Waals surface area contributed by atoms with Gasteiger partial charge in [0.05, 0.1) is 29.5 Å². The monoisotopic (exact) mass is 455 g/mol. The van der Waals surface area contributed by atoms with E-state index in [-0.39, 0.29) is 10.8 Å². The van der Waals surface area contributed by atoms with Gasteiger partial charge in [0.1, 0.15) is 0 Å². The van der Waals surface area contributed by atoms with Gasteiger partial charge >= 0.3 is 0 Å². The van der Waals surface area contributed by atoms with Crippen LogP contribution in [0.2, 0.25) is 0 Å². The second-order valence-electron chi connectivity index (χ2n) is 8.68. The average Bonchev–Trinajstić information content (AvgIpc) is 3.51. The van der Waals surface area contributed by atoms with Crippen LogP contribution in [0.25, 0.3) is 0 Å². The predicted molar refractivity (Wildman–Crippen MR) is 124 cm³/mol. The highest BCUT2D eigenvalue weighted by Gasteiger charge is 2.28. The lowest BCUT2D eigenvalue weighted by molar-refractivity contribution is 0.0730. The average molecular weight is 456 g/mol. The van der Waals surface area contributed by atoms with E-state index in [1.165, 1.54) is 15.4 Å². The molecule has 0 atom stereocenters. The van der Waals surface area contributed by atoms with Crippen molar-refractivity contribution in [3.05, 3.63) is 53.1 Å². The first-order valence-electron chi connectivity index (χ1n) is 11.4. The molecule has 8 heteroatoms. The van der Waals surface area contributed by atoms with Gasteiger partial charge in [-0.2, -0.15) is 4.31 Å². The van der Waals surface area contributed by atoms with E-state index < -0.39 is 10.0 Å². The van der Waals surface area contributed by atoms with Gasteiger partial charge in [0.15, 0.2) is 0 Å². The number of carbonyl (C=O) groups is 1. The maximum absolute atomic E-state index is 13.2. The standard InChI is InChI=1S/C24H29N3O4S/c28-24(20-7-6-18-4-3-5-19(18)16-20)25-22-17-21(8-9-23(22)26-10-1-2-11-26)32(29,30)27-12-14-31-15-13-27/h6-9,16-17H,1-5,10-15H2,(H,25,28). The molecule has 2 fully saturated rings. The van der Waals surface area contributed by atoms with E-state index in [0.29, 0.717) is 37.6 Å². The lowest BCUT2D eigenvalue weighted by Gasteiger charge is -2.27. The predicted octanol–water partition coefficient (Wildman–Crippen LogP) is 3.05. The first kappa shape index (κ1) is 21.4. The molecular formula is C24H29N3O4S. The van der Waals surface area contributed by atoms with Gasteiger partial charge in [-0.25, -0.2) is 8.42 Å². The molecule has 170 valence electrons. The molecule has 32 heavy (non-hydrogen) atoms. The topological polar surface area (TPSA) is 79.0 Å². The Hall–Kier alpha value is -2.42. The third-order valence-electron chi connectivity index (χ3n) is 6.63. The number of rotatable bonds is 5. The smallest absolute Gasteiger partial charge is 0.255 e. The third-order valence-corrected chi connectivity index (χ3v) is 8.53. The zero-order valence-electron chi connectivity index (χ0n) is 18.2. The molecule has 0 spiro atoms. The Bertz CT molecular complexity index is 1120. The summed E-state index contributed by atoms with van der Waals surface area (Å²) in [6, 6.07) is 11.0. The van der Waals surface area contributed by atoms with Crippen LogP contribution in [0, 0.1) is 0 Å². The Morgan fingerprint density at radius 2 is 1.62 bits per heavy atom. The molecule has 1 amide bonds. The van der Waals surface area contributed by atoms with E-state index in [1.807, 2.05) is 24.3 Å². The molecule has 0 bridgehead atoms. The van der Waals surface area contributed by atoms with Crippen LogP contribution in [0.4, 0.5) is 11.4 Å². The Morgan fingerprint density at radius 1 is 0.875 bits per heavy atom. The Kier molecular flexibility index (Phi) is 5.92. The van der Waals surface area contributed by atoms with Crippen molar-refractivity contribution in [3.63, 3.8) is 0 Å². The minimum Gasteiger partial charge on any atom is -0.379 e. The molecule has 2 heterocycles. The maximum Gasteiger partial charge on any atom is 0.255 e. The Labute approximate surface area is 189 Å². The van der Waals surface area contributed by atoms with Gasteiger partial charge in [-0.1, -0.05) is 6.07 Å². The Balaban J connectivity index is 1.47. The second-order valence-corrected chi connectivity index (χ2v) is 10.6. The van der Waals surface area contributed by atoms with Crippen molar-refractivity contribution < 1.29 is 17.9 Å². The molecule has 7 nitrogen and oxygen atoms in total. The van der Waals surface area contributed by atoms with Crippen LogP contribution in [0.3, 0.4) is 0 Å². The van der Waals surface area contributed by atoms with Crippen molar-refractivity contribution >= 4 is 27.3 Å². The van der Waals surface area contributed by atoms with Gasteiger partial charge in [0, 0.05) is 31.7 Å². The number of sulfonamides is 1. The van der Waals surface area contributed by atoms with Gasteiger partial charge in [0.25, 0.3) is 5.91 Å². The molecular weight excluding hydrogens is 426 g/mol. The fourth-order valence-electron chi connectivity index (χ4n) is 4.85. The maximum atomic E-state index is 13.2. The van der Waals surface area contributed by atoms with E-state index in [2.05, 4.69) is 10.2 Å². The van der Waals surface area contributed by atoms with Crippen molar-refractivity contribution in [2.24, 2.45) is 0 Å². The van der Waals surface area contributed by atoms with Crippen LogP contribution in [-0.4, -0.2) is 58.0 Å². The summed E-state index contributed by atoms with van der Waals surface area (Å²) in [6.07, 6.45) is 5.37. The Morgan fingerprint density at radius 3 is 2.41 bits per heavy atom. The van der Waals surface area contributed by atoms with Crippen LogP contribution in [0.1, 0.15) is 40.7 Å².